The predicted molar refractivity (Wildman–Crippen MR) is 131 cm³/mol. The van der Waals surface area contributed by atoms with Crippen molar-refractivity contribution in [3.05, 3.63) is 64.8 Å². The number of nitriles is 1. The van der Waals surface area contributed by atoms with Crippen LogP contribution in [0.2, 0.25) is 0 Å². The summed E-state index contributed by atoms with van der Waals surface area (Å²) in [5.74, 6) is 0.261. The first-order valence-corrected chi connectivity index (χ1v) is 11.2. The number of pyridine rings is 1. The van der Waals surface area contributed by atoms with Gasteiger partial charge in [-0.3, -0.25) is 4.79 Å². The van der Waals surface area contributed by atoms with Crippen LogP contribution in [-0.4, -0.2) is 44.2 Å². The number of allylic oxidation sites excluding steroid dienone is 1. The quantitative estimate of drug-likeness (QED) is 0.391. The lowest BCUT2D eigenvalue weighted by molar-refractivity contribution is -0.124. The number of nitrogens with zero attached hydrogens (tertiary/aromatic N) is 2. The smallest absolute Gasteiger partial charge is 0.339 e. The standard InChI is InChI=1S/C27H25N3O5/c1-33-22-11-8-17(15-23(22)34-2)14-18-9-10-20-25(19-6-3-4-7-21(19)30-26(18)20)27(32)35-16-24(31)29-13-5-12-28/h3-4,6-8,11,14-15H,5,9-10,13,16H2,1-2H3,(H,29,31)/b18-14+. The van der Waals surface area contributed by atoms with Crippen molar-refractivity contribution in [2.75, 3.05) is 27.4 Å². The first-order valence-electron chi connectivity index (χ1n) is 11.2. The molecule has 1 aliphatic carbocycles. The minimum absolute atomic E-state index is 0.192. The molecule has 3 aromatic rings. The Hall–Kier alpha value is -4.38. The second-order valence-electron chi connectivity index (χ2n) is 7.95. The topological polar surface area (TPSA) is 111 Å². The Morgan fingerprint density at radius 1 is 1.11 bits per heavy atom. The van der Waals surface area contributed by atoms with E-state index >= 15 is 0 Å². The number of nitrogens with one attached hydrogen (secondary N) is 1. The molecule has 4 rings (SSSR count). The summed E-state index contributed by atoms with van der Waals surface area (Å²) < 4.78 is 16.1. The number of carbonyl (C=O) groups is 2. The van der Waals surface area contributed by atoms with Crippen LogP contribution in [0.4, 0.5) is 0 Å². The molecule has 1 heterocycles. The molecule has 0 saturated carbocycles. The van der Waals surface area contributed by atoms with Crippen molar-refractivity contribution in [2.45, 2.75) is 19.3 Å². The number of para-hydroxylation sites is 1. The minimum atomic E-state index is -0.567. The minimum Gasteiger partial charge on any atom is -0.493 e. The molecular formula is C27H25N3O5. The van der Waals surface area contributed by atoms with Gasteiger partial charge in [-0.15, -0.1) is 0 Å². The zero-order chi connectivity index (χ0) is 24.8. The fourth-order valence-electron chi connectivity index (χ4n) is 4.17. The fourth-order valence-corrected chi connectivity index (χ4v) is 4.17. The summed E-state index contributed by atoms with van der Waals surface area (Å²) in [7, 11) is 3.18. The van der Waals surface area contributed by atoms with Crippen LogP contribution in [0.5, 0.6) is 11.5 Å². The van der Waals surface area contributed by atoms with E-state index in [1.807, 2.05) is 54.6 Å². The van der Waals surface area contributed by atoms with Gasteiger partial charge in [0.05, 0.1) is 43.5 Å². The molecule has 0 unspecified atom stereocenters. The summed E-state index contributed by atoms with van der Waals surface area (Å²) in [5.41, 5.74) is 4.61. The Bertz CT molecular complexity index is 1360. The second-order valence-corrected chi connectivity index (χ2v) is 7.95. The molecule has 1 amide bonds. The lowest BCUT2D eigenvalue weighted by Gasteiger charge is -2.12. The summed E-state index contributed by atoms with van der Waals surface area (Å²) in [6.45, 7) is -0.200. The van der Waals surface area contributed by atoms with Crippen LogP contribution < -0.4 is 14.8 Å². The molecule has 178 valence electrons. The number of fused-ring (bicyclic) bond motifs is 2. The van der Waals surface area contributed by atoms with Crippen molar-refractivity contribution >= 4 is 34.4 Å². The van der Waals surface area contributed by atoms with E-state index in [9.17, 15) is 9.59 Å². The van der Waals surface area contributed by atoms with Gasteiger partial charge in [0, 0.05) is 11.9 Å². The van der Waals surface area contributed by atoms with Crippen molar-refractivity contribution < 1.29 is 23.8 Å². The number of aromatic nitrogens is 1. The van der Waals surface area contributed by atoms with Crippen LogP contribution in [-0.2, 0) is 16.0 Å². The van der Waals surface area contributed by atoms with Crippen LogP contribution in [0.3, 0.4) is 0 Å². The molecule has 0 fully saturated rings. The van der Waals surface area contributed by atoms with Crippen molar-refractivity contribution in [1.29, 1.82) is 5.26 Å². The van der Waals surface area contributed by atoms with Gasteiger partial charge < -0.3 is 19.5 Å². The zero-order valence-electron chi connectivity index (χ0n) is 19.6. The van der Waals surface area contributed by atoms with Gasteiger partial charge in [0.15, 0.2) is 18.1 Å². The molecule has 0 spiro atoms. The molecule has 0 bridgehead atoms. The SMILES string of the molecule is COc1ccc(/C=C2\CCc3c2nc2ccccc2c3C(=O)OCC(=O)NCCC#N)cc1OC. The Balaban J connectivity index is 1.67. The van der Waals surface area contributed by atoms with Crippen molar-refractivity contribution in [3.63, 3.8) is 0 Å². The molecule has 8 heteroatoms. The van der Waals surface area contributed by atoms with E-state index in [1.54, 1.807) is 14.2 Å². The van der Waals surface area contributed by atoms with Crippen LogP contribution in [0.15, 0.2) is 42.5 Å². The highest BCUT2D eigenvalue weighted by Gasteiger charge is 2.28. The Labute approximate surface area is 203 Å². The predicted octanol–water partition coefficient (Wildman–Crippen LogP) is 3.93. The van der Waals surface area contributed by atoms with Crippen LogP contribution in [0.25, 0.3) is 22.6 Å². The van der Waals surface area contributed by atoms with Crippen LogP contribution in [0.1, 0.15) is 40.0 Å². The van der Waals surface area contributed by atoms with Crippen molar-refractivity contribution in [2.24, 2.45) is 0 Å². The number of hydrogen-bond donors (Lipinski definition) is 1. The van der Waals surface area contributed by atoms with Gasteiger partial charge in [-0.05, 0) is 53.8 Å². The van der Waals surface area contributed by atoms with E-state index in [0.717, 1.165) is 22.4 Å². The number of amides is 1. The van der Waals surface area contributed by atoms with E-state index in [1.165, 1.54) is 0 Å². The average molecular weight is 472 g/mol. The maximum atomic E-state index is 13.1. The summed E-state index contributed by atoms with van der Waals surface area (Å²) >= 11 is 0. The molecule has 1 aromatic heterocycles. The molecule has 0 radical (unpaired) electrons. The normalized spacial score (nSPS) is 13.2. The molecule has 0 atom stereocenters. The average Bonchev–Trinajstić information content (AvgIpc) is 3.27. The highest BCUT2D eigenvalue weighted by atomic mass is 16.5. The lowest BCUT2D eigenvalue weighted by atomic mass is 10.0. The lowest BCUT2D eigenvalue weighted by Crippen LogP contribution is -2.29. The van der Waals surface area contributed by atoms with Crippen LogP contribution >= 0.6 is 0 Å². The summed E-state index contributed by atoms with van der Waals surface area (Å²) in [6, 6.07) is 15.0. The number of ether oxygens (including phenoxy) is 3. The van der Waals surface area contributed by atoms with Crippen molar-refractivity contribution in [1.82, 2.24) is 10.3 Å². The van der Waals surface area contributed by atoms with Gasteiger partial charge in [-0.25, -0.2) is 9.78 Å². The zero-order valence-corrected chi connectivity index (χ0v) is 19.6. The Morgan fingerprint density at radius 3 is 2.69 bits per heavy atom. The highest BCUT2D eigenvalue weighted by Crippen LogP contribution is 2.38. The molecule has 2 aromatic carbocycles. The Morgan fingerprint density at radius 2 is 1.91 bits per heavy atom. The number of esters is 1. The Kier molecular flexibility index (Phi) is 7.27. The molecule has 0 aliphatic heterocycles. The van der Waals surface area contributed by atoms with Gasteiger partial charge in [0.1, 0.15) is 0 Å². The second kappa shape index (κ2) is 10.7. The van der Waals surface area contributed by atoms with E-state index in [0.29, 0.717) is 40.8 Å². The van der Waals surface area contributed by atoms with Gasteiger partial charge in [0.2, 0.25) is 0 Å². The van der Waals surface area contributed by atoms with Crippen molar-refractivity contribution in [3.8, 4) is 17.6 Å². The number of hydrogen-bond acceptors (Lipinski definition) is 7. The maximum absolute atomic E-state index is 13.1. The molecule has 8 nitrogen and oxygen atoms in total. The van der Waals surface area contributed by atoms with E-state index < -0.39 is 18.5 Å². The van der Waals surface area contributed by atoms with Gasteiger partial charge in [-0.1, -0.05) is 24.3 Å². The van der Waals surface area contributed by atoms with Gasteiger partial charge >= 0.3 is 5.97 Å². The number of benzene rings is 2. The first-order chi connectivity index (χ1) is 17.0. The first kappa shape index (κ1) is 23.8. The highest BCUT2D eigenvalue weighted by molar-refractivity contribution is 6.07. The summed E-state index contributed by atoms with van der Waals surface area (Å²) in [5, 5.41) is 11.8. The summed E-state index contributed by atoms with van der Waals surface area (Å²) in [4.78, 5) is 30.0. The monoisotopic (exact) mass is 471 g/mol. The largest absolute Gasteiger partial charge is 0.493 e. The summed E-state index contributed by atoms with van der Waals surface area (Å²) in [6.07, 6.45) is 3.57. The number of carbonyl (C=O) groups excluding carboxylic acids is 2. The third-order valence-corrected chi connectivity index (χ3v) is 5.79. The van der Waals surface area contributed by atoms with Gasteiger partial charge in [0.25, 0.3) is 5.91 Å². The fraction of sp³-hybridized carbons (Fsp3) is 0.259. The molecule has 0 saturated heterocycles. The number of rotatable bonds is 8. The van der Waals surface area contributed by atoms with Crippen LogP contribution in [0, 0.1) is 11.3 Å². The van der Waals surface area contributed by atoms with E-state index in [-0.39, 0.29) is 13.0 Å². The molecular weight excluding hydrogens is 446 g/mol. The third-order valence-electron chi connectivity index (χ3n) is 5.79. The van der Waals surface area contributed by atoms with E-state index in [4.69, 9.17) is 24.5 Å². The molecule has 1 N–H and O–H groups in total. The van der Waals surface area contributed by atoms with Gasteiger partial charge in [-0.2, -0.15) is 5.26 Å². The van der Waals surface area contributed by atoms with E-state index in [2.05, 4.69) is 5.32 Å². The molecule has 1 aliphatic rings. The molecule has 35 heavy (non-hydrogen) atoms. The maximum Gasteiger partial charge on any atom is 0.339 e. The number of methoxy groups -OCH3 is 2. The third kappa shape index (κ3) is 5.09.